The maximum Gasteiger partial charge on any atom is 0.269 e. The average molecular weight is 407 g/mol. The van der Waals surface area contributed by atoms with Crippen molar-refractivity contribution in [3.8, 4) is 0 Å². The first kappa shape index (κ1) is 20.3. The molecule has 26 heavy (non-hydrogen) atoms. The van der Waals surface area contributed by atoms with Crippen LogP contribution in [-0.2, 0) is 10.3 Å². The average Bonchev–Trinajstić information content (AvgIpc) is 2.57. The van der Waals surface area contributed by atoms with Gasteiger partial charge >= 0.3 is 0 Å². The van der Waals surface area contributed by atoms with Crippen LogP contribution in [0.15, 0.2) is 41.7 Å². The molecule has 140 valence electrons. The number of amidine groups is 1. The minimum Gasteiger partial charge on any atom is -0.399 e. The van der Waals surface area contributed by atoms with E-state index in [0.717, 1.165) is 12.1 Å². The monoisotopic (exact) mass is 406 g/mol. The van der Waals surface area contributed by atoms with Crippen LogP contribution in [0.1, 0.15) is 5.56 Å². The highest BCUT2D eigenvalue weighted by Crippen LogP contribution is 2.37. The quantitative estimate of drug-likeness (QED) is 0.745. The molecule has 1 unspecified atom stereocenters. The minimum absolute atomic E-state index is 0.0432. The summed E-state index contributed by atoms with van der Waals surface area (Å²) in [6.07, 6.45) is 0.119. The molecule has 0 saturated heterocycles. The molecule has 10 heteroatoms. The number of nitrogens with two attached hydrogens (primary N) is 2. The van der Waals surface area contributed by atoms with Gasteiger partial charge in [-0.25, -0.2) is 13.2 Å². The van der Waals surface area contributed by atoms with Gasteiger partial charge in [0.1, 0.15) is 18.3 Å². The van der Waals surface area contributed by atoms with Gasteiger partial charge in [0.25, 0.3) is 6.43 Å². The number of hydrogen-bond donors (Lipinski definition) is 2. The predicted molar refractivity (Wildman–Crippen MR) is 95.2 cm³/mol. The van der Waals surface area contributed by atoms with Crippen molar-refractivity contribution in [1.29, 1.82) is 0 Å². The Labute approximate surface area is 157 Å². The van der Waals surface area contributed by atoms with E-state index >= 15 is 0 Å². The molecule has 4 N–H and O–H groups in total. The Bertz CT molecular complexity index is 790. The normalized spacial score (nSPS) is 19.5. The number of nitrogens with zero attached hydrogens (tertiary/aromatic N) is 2. The summed E-state index contributed by atoms with van der Waals surface area (Å²) in [7, 11) is 0. The van der Waals surface area contributed by atoms with E-state index in [9.17, 15) is 13.2 Å². The number of halogens is 5. The lowest BCUT2D eigenvalue weighted by Crippen LogP contribution is -2.45. The van der Waals surface area contributed by atoms with Gasteiger partial charge in [0, 0.05) is 23.6 Å². The fourth-order valence-corrected chi connectivity index (χ4v) is 2.66. The Morgan fingerprint density at radius 1 is 1.12 bits per heavy atom. The molecule has 0 amide bonds. The Balaban J connectivity index is 0.000000254. The number of anilines is 1. The van der Waals surface area contributed by atoms with Crippen LogP contribution in [0.3, 0.4) is 0 Å². The predicted octanol–water partition coefficient (Wildman–Crippen LogP) is 3.64. The van der Waals surface area contributed by atoms with Crippen molar-refractivity contribution < 1.29 is 17.9 Å². The molecule has 1 aromatic carbocycles. The highest BCUT2D eigenvalue weighted by Gasteiger charge is 2.46. The van der Waals surface area contributed by atoms with Crippen LogP contribution in [0.4, 0.5) is 18.9 Å². The Hall–Kier alpha value is -2.03. The van der Waals surface area contributed by atoms with Crippen molar-refractivity contribution in [2.75, 3.05) is 18.9 Å². The molecule has 0 saturated carbocycles. The summed E-state index contributed by atoms with van der Waals surface area (Å²) >= 11 is 11.0. The molecule has 0 fully saturated rings. The molecular formula is C16H15Cl2F3N4O. The SMILES string of the molecule is Clc1cncc(Cl)c1.NC1=NC(c2cc(N)ccc2F)(C(F)F)COC1. The molecule has 1 aromatic heterocycles. The highest BCUT2D eigenvalue weighted by atomic mass is 35.5. The van der Waals surface area contributed by atoms with Gasteiger partial charge in [0.2, 0.25) is 0 Å². The van der Waals surface area contributed by atoms with Gasteiger partial charge in [-0.15, -0.1) is 0 Å². The zero-order valence-corrected chi connectivity index (χ0v) is 14.8. The molecule has 0 bridgehead atoms. The lowest BCUT2D eigenvalue weighted by Gasteiger charge is -2.33. The van der Waals surface area contributed by atoms with Crippen molar-refractivity contribution >= 4 is 34.7 Å². The van der Waals surface area contributed by atoms with Gasteiger partial charge in [0.15, 0.2) is 5.54 Å². The molecular weight excluding hydrogens is 392 g/mol. The van der Waals surface area contributed by atoms with Crippen LogP contribution in [-0.4, -0.2) is 30.5 Å². The van der Waals surface area contributed by atoms with E-state index in [1.807, 2.05) is 0 Å². The molecule has 2 heterocycles. The maximum absolute atomic E-state index is 13.7. The van der Waals surface area contributed by atoms with Crippen molar-refractivity contribution in [3.05, 3.63) is 58.1 Å². The first-order valence-corrected chi connectivity index (χ1v) is 8.02. The summed E-state index contributed by atoms with van der Waals surface area (Å²) in [4.78, 5) is 7.43. The summed E-state index contributed by atoms with van der Waals surface area (Å²) in [6.45, 7) is -0.482. The second-order valence-electron chi connectivity index (χ2n) is 5.38. The number of rotatable bonds is 2. The van der Waals surface area contributed by atoms with Crippen molar-refractivity contribution in [2.45, 2.75) is 12.0 Å². The molecule has 0 spiro atoms. The van der Waals surface area contributed by atoms with Crippen LogP contribution in [0.25, 0.3) is 0 Å². The van der Waals surface area contributed by atoms with Crippen molar-refractivity contribution in [3.63, 3.8) is 0 Å². The molecule has 3 rings (SSSR count). The van der Waals surface area contributed by atoms with Crippen LogP contribution < -0.4 is 11.5 Å². The van der Waals surface area contributed by atoms with E-state index in [0.29, 0.717) is 10.0 Å². The van der Waals surface area contributed by atoms with Gasteiger partial charge in [-0.3, -0.25) is 9.98 Å². The number of alkyl halides is 2. The summed E-state index contributed by atoms with van der Waals surface area (Å²) < 4.78 is 45.3. The number of pyridine rings is 1. The van der Waals surface area contributed by atoms with Crippen LogP contribution >= 0.6 is 23.2 Å². The zero-order valence-electron chi connectivity index (χ0n) is 13.3. The lowest BCUT2D eigenvalue weighted by molar-refractivity contribution is -0.0145. The zero-order chi connectivity index (χ0) is 19.3. The van der Waals surface area contributed by atoms with Crippen molar-refractivity contribution in [2.24, 2.45) is 10.7 Å². The number of nitrogen functional groups attached to an aromatic ring is 1. The maximum atomic E-state index is 13.7. The van der Waals surface area contributed by atoms with E-state index in [1.54, 1.807) is 6.07 Å². The summed E-state index contributed by atoms with van der Waals surface area (Å²) in [5.74, 6) is -0.907. The van der Waals surface area contributed by atoms with Gasteiger partial charge in [-0.2, -0.15) is 0 Å². The molecule has 5 nitrogen and oxygen atoms in total. The van der Waals surface area contributed by atoms with Gasteiger partial charge < -0.3 is 16.2 Å². The Morgan fingerprint density at radius 2 is 1.77 bits per heavy atom. The summed E-state index contributed by atoms with van der Waals surface area (Å²) in [6, 6.07) is 5.08. The number of aromatic nitrogens is 1. The largest absolute Gasteiger partial charge is 0.399 e. The summed E-state index contributed by atoms with van der Waals surface area (Å²) in [5.41, 5.74) is 8.65. The second-order valence-corrected chi connectivity index (χ2v) is 6.25. The fourth-order valence-electron chi connectivity index (χ4n) is 2.26. The minimum atomic E-state index is -2.95. The number of hydrogen-bond acceptors (Lipinski definition) is 5. The second kappa shape index (κ2) is 8.57. The first-order chi connectivity index (χ1) is 12.2. The van der Waals surface area contributed by atoms with Gasteiger partial charge in [-0.05, 0) is 24.3 Å². The van der Waals surface area contributed by atoms with E-state index in [1.165, 1.54) is 18.5 Å². The number of ether oxygens (including phenoxy) is 1. The van der Waals surface area contributed by atoms with E-state index in [-0.39, 0.29) is 23.7 Å². The van der Waals surface area contributed by atoms with Crippen LogP contribution in [0.5, 0.6) is 0 Å². The number of benzene rings is 1. The summed E-state index contributed by atoms with van der Waals surface area (Å²) in [5, 5.41) is 1.13. The Kier molecular flexibility index (Phi) is 6.69. The molecule has 1 aliphatic rings. The third kappa shape index (κ3) is 4.78. The molecule has 1 aliphatic heterocycles. The van der Waals surface area contributed by atoms with E-state index in [2.05, 4.69) is 9.98 Å². The van der Waals surface area contributed by atoms with E-state index in [4.69, 9.17) is 39.4 Å². The molecule has 2 aromatic rings. The highest BCUT2D eigenvalue weighted by molar-refractivity contribution is 6.34. The van der Waals surface area contributed by atoms with Gasteiger partial charge in [-0.1, -0.05) is 23.2 Å². The topological polar surface area (TPSA) is 86.5 Å². The Morgan fingerprint density at radius 3 is 2.27 bits per heavy atom. The molecule has 0 aliphatic carbocycles. The standard InChI is InChI=1S/C11H12F3N3O.C5H3Cl2N/c12-8-2-1-6(15)3-7(8)11(10(13)14)5-18-4-9(16)17-11;6-4-1-5(7)3-8-2-4/h1-3,10H,4-5,15H2,(H2,16,17);1-3H. The molecule has 0 radical (unpaired) electrons. The smallest absolute Gasteiger partial charge is 0.269 e. The third-order valence-electron chi connectivity index (χ3n) is 3.40. The van der Waals surface area contributed by atoms with E-state index < -0.39 is 24.4 Å². The molecule has 1 atom stereocenters. The number of aliphatic imine (C=N–C) groups is 1. The van der Waals surface area contributed by atoms with Crippen molar-refractivity contribution in [1.82, 2.24) is 4.98 Å². The lowest BCUT2D eigenvalue weighted by atomic mass is 9.90. The van der Waals surface area contributed by atoms with Gasteiger partial charge in [0.05, 0.1) is 16.7 Å². The first-order valence-electron chi connectivity index (χ1n) is 7.26. The third-order valence-corrected chi connectivity index (χ3v) is 3.82. The fraction of sp³-hybridized carbons (Fsp3) is 0.250. The van der Waals surface area contributed by atoms with Crippen LogP contribution in [0, 0.1) is 5.82 Å². The van der Waals surface area contributed by atoms with Crippen LogP contribution in [0.2, 0.25) is 10.0 Å².